The lowest BCUT2D eigenvalue weighted by molar-refractivity contribution is -0.216. The molecule has 0 aromatic heterocycles. The van der Waals surface area contributed by atoms with Gasteiger partial charge >= 0.3 is 6.16 Å². The molecule has 0 spiro atoms. The lowest BCUT2D eigenvalue weighted by Gasteiger charge is -2.25. The standard InChI is InChI=1S/C10H15NO6/c1-10(2)13-4-5(16-10)6-7-8(17-11(6)3)15-9(12)14-7/h5-8H,4H2,1-3H3. The summed E-state index contributed by atoms with van der Waals surface area (Å²) in [5, 5.41) is 1.61. The second-order valence-corrected chi connectivity index (χ2v) is 4.83. The third-order valence-corrected chi connectivity index (χ3v) is 3.15. The van der Waals surface area contributed by atoms with Crippen LogP contribution in [0.15, 0.2) is 0 Å². The van der Waals surface area contributed by atoms with Crippen molar-refractivity contribution in [2.75, 3.05) is 13.7 Å². The van der Waals surface area contributed by atoms with Crippen LogP contribution in [-0.4, -0.2) is 55.2 Å². The van der Waals surface area contributed by atoms with Gasteiger partial charge in [-0.15, -0.1) is 0 Å². The minimum absolute atomic E-state index is 0.209. The Bertz CT molecular complexity index is 346. The number of hydrogen-bond donors (Lipinski definition) is 0. The molecule has 7 nitrogen and oxygen atoms in total. The van der Waals surface area contributed by atoms with Gasteiger partial charge in [-0.3, -0.25) is 4.84 Å². The molecule has 3 saturated heterocycles. The van der Waals surface area contributed by atoms with Gasteiger partial charge in [0.25, 0.3) is 6.29 Å². The minimum atomic E-state index is -0.698. The van der Waals surface area contributed by atoms with Crippen LogP contribution in [0, 0.1) is 0 Å². The molecule has 4 unspecified atom stereocenters. The summed E-state index contributed by atoms with van der Waals surface area (Å²) in [7, 11) is 1.76. The molecular weight excluding hydrogens is 230 g/mol. The van der Waals surface area contributed by atoms with Crippen LogP contribution >= 0.6 is 0 Å². The molecule has 17 heavy (non-hydrogen) atoms. The van der Waals surface area contributed by atoms with E-state index in [9.17, 15) is 4.79 Å². The van der Waals surface area contributed by atoms with Crippen LogP contribution in [0.4, 0.5) is 4.79 Å². The highest BCUT2D eigenvalue weighted by Crippen LogP contribution is 2.36. The van der Waals surface area contributed by atoms with E-state index >= 15 is 0 Å². The first-order valence-corrected chi connectivity index (χ1v) is 5.55. The average Bonchev–Trinajstić information content (AvgIpc) is 2.78. The summed E-state index contributed by atoms with van der Waals surface area (Å²) in [5.41, 5.74) is 0. The molecule has 0 saturated carbocycles. The van der Waals surface area contributed by atoms with Crippen LogP contribution in [0.25, 0.3) is 0 Å². The van der Waals surface area contributed by atoms with E-state index in [1.54, 1.807) is 12.1 Å². The number of carbonyl (C=O) groups is 1. The smallest absolute Gasteiger partial charge is 0.422 e. The Balaban J connectivity index is 1.76. The van der Waals surface area contributed by atoms with Crippen molar-refractivity contribution in [3.05, 3.63) is 0 Å². The van der Waals surface area contributed by atoms with Gasteiger partial charge in [0.15, 0.2) is 11.9 Å². The molecule has 0 aliphatic carbocycles. The van der Waals surface area contributed by atoms with Crippen molar-refractivity contribution in [2.45, 2.75) is 44.2 Å². The van der Waals surface area contributed by atoms with Crippen LogP contribution in [0.1, 0.15) is 13.8 Å². The lowest BCUT2D eigenvalue weighted by Crippen LogP contribution is -2.45. The fourth-order valence-corrected chi connectivity index (χ4v) is 2.44. The number of fused-ring (bicyclic) bond motifs is 1. The molecule has 7 heteroatoms. The van der Waals surface area contributed by atoms with E-state index < -0.39 is 24.3 Å². The summed E-state index contributed by atoms with van der Waals surface area (Å²) in [4.78, 5) is 16.4. The molecule has 0 aromatic carbocycles. The van der Waals surface area contributed by atoms with Crippen molar-refractivity contribution < 1.29 is 28.6 Å². The summed E-state index contributed by atoms with van der Waals surface area (Å²) >= 11 is 0. The molecule has 0 amide bonds. The first kappa shape index (κ1) is 11.2. The van der Waals surface area contributed by atoms with Crippen molar-refractivity contribution in [1.82, 2.24) is 5.06 Å². The van der Waals surface area contributed by atoms with E-state index in [0.29, 0.717) is 6.61 Å². The molecule has 3 rings (SSSR count). The molecule has 3 fully saturated rings. The molecule has 0 aromatic rings. The zero-order valence-corrected chi connectivity index (χ0v) is 9.91. The fourth-order valence-electron chi connectivity index (χ4n) is 2.44. The molecule has 0 N–H and O–H groups in total. The van der Waals surface area contributed by atoms with Gasteiger partial charge < -0.3 is 18.9 Å². The zero-order valence-electron chi connectivity index (χ0n) is 9.91. The van der Waals surface area contributed by atoms with Gasteiger partial charge in [-0.05, 0) is 13.8 Å². The Morgan fingerprint density at radius 3 is 2.76 bits per heavy atom. The number of ether oxygens (including phenoxy) is 4. The van der Waals surface area contributed by atoms with E-state index in [-0.39, 0.29) is 12.1 Å². The molecule has 3 heterocycles. The molecule has 0 bridgehead atoms. The molecular formula is C10H15NO6. The quantitative estimate of drug-likeness (QED) is 0.613. The van der Waals surface area contributed by atoms with Crippen molar-refractivity contribution in [1.29, 1.82) is 0 Å². The first-order valence-electron chi connectivity index (χ1n) is 5.55. The molecule has 4 atom stereocenters. The largest absolute Gasteiger partial charge is 0.511 e. The second-order valence-electron chi connectivity index (χ2n) is 4.83. The highest BCUT2D eigenvalue weighted by atomic mass is 16.9. The zero-order chi connectivity index (χ0) is 12.2. The van der Waals surface area contributed by atoms with Crippen LogP contribution in [0.3, 0.4) is 0 Å². The number of hydroxylamine groups is 2. The maximum Gasteiger partial charge on any atom is 0.511 e. The number of carbonyl (C=O) groups excluding carboxylic acids is 1. The third-order valence-electron chi connectivity index (χ3n) is 3.15. The van der Waals surface area contributed by atoms with E-state index in [2.05, 4.69) is 0 Å². The van der Waals surface area contributed by atoms with Crippen molar-refractivity contribution >= 4 is 6.16 Å². The van der Waals surface area contributed by atoms with Crippen LogP contribution < -0.4 is 0 Å². The first-order chi connectivity index (χ1) is 7.96. The minimum Gasteiger partial charge on any atom is -0.422 e. The van der Waals surface area contributed by atoms with Crippen molar-refractivity contribution in [2.24, 2.45) is 0 Å². The molecule has 3 aliphatic rings. The number of nitrogens with zero attached hydrogens (tertiary/aromatic N) is 1. The van der Waals surface area contributed by atoms with E-state index in [0.717, 1.165) is 0 Å². The maximum absolute atomic E-state index is 11.0. The Labute approximate surface area is 98.4 Å². The van der Waals surface area contributed by atoms with Gasteiger partial charge in [0.1, 0.15) is 12.1 Å². The highest BCUT2D eigenvalue weighted by Gasteiger charge is 2.57. The Morgan fingerprint density at radius 1 is 1.35 bits per heavy atom. The predicted molar refractivity (Wildman–Crippen MR) is 52.7 cm³/mol. The molecule has 0 radical (unpaired) electrons. The second kappa shape index (κ2) is 3.55. The Hall–Kier alpha value is -0.890. The lowest BCUT2D eigenvalue weighted by atomic mass is 10.1. The predicted octanol–water partition coefficient (Wildman–Crippen LogP) is 0.245. The Morgan fingerprint density at radius 2 is 2.12 bits per heavy atom. The van der Waals surface area contributed by atoms with E-state index in [1.807, 2.05) is 13.8 Å². The number of hydrogen-bond acceptors (Lipinski definition) is 7. The fraction of sp³-hybridized carbons (Fsp3) is 0.900. The van der Waals surface area contributed by atoms with Crippen molar-refractivity contribution in [3.8, 4) is 0 Å². The van der Waals surface area contributed by atoms with Gasteiger partial charge in [0, 0.05) is 7.05 Å². The summed E-state index contributed by atoms with van der Waals surface area (Å²) in [5.74, 6) is -0.618. The van der Waals surface area contributed by atoms with Gasteiger partial charge in [0.2, 0.25) is 0 Å². The highest BCUT2D eigenvalue weighted by molar-refractivity contribution is 5.62. The van der Waals surface area contributed by atoms with Crippen LogP contribution in [0.2, 0.25) is 0 Å². The van der Waals surface area contributed by atoms with Gasteiger partial charge in [-0.2, -0.15) is 5.06 Å². The molecule has 96 valence electrons. The summed E-state index contributed by atoms with van der Waals surface area (Å²) in [6.07, 6.45) is -2.05. The average molecular weight is 245 g/mol. The van der Waals surface area contributed by atoms with E-state index in [1.165, 1.54) is 0 Å². The summed E-state index contributed by atoms with van der Waals surface area (Å²) in [6, 6.07) is -0.215. The molecule has 3 aliphatic heterocycles. The normalized spacial score (nSPS) is 44.5. The number of likely N-dealkylation sites (N-methyl/N-ethyl adjacent to an activating group) is 1. The Kier molecular flexibility index (Phi) is 2.34. The van der Waals surface area contributed by atoms with E-state index in [4.69, 9.17) is 23.8 Å². The summed E-state index contributed by atoms with van der Waals surface area (Å²) in [6.45, 7) is 4.13. The van der Waals surface area contributed by atoms with Gasteiger partial charge in [-0.1, -0.05) is 0 Å². The monoisotopic (exact) mass is 245 g/mol. The topological polar surface area (TPSA) is 66.5 Å². The SMILES string of the molecule is CN1OC2OC(=O)OC2C1C1COC(C)(C)O1. The summed E-state index contributed by atoms with van der Waals surface area (Å²) < 4.78 is 21.2. The van der Waals surface area contributed by atoms with Crippen LogP contribution in [0.5, 0.6) is 0 Å². The number of rotatable bonds is 1. The van der Waals surface area contributed by atoms with Crippen molar-refractivity contribution in [3.63, 3.8) is 0 Å². The van der Waals surface area contributed by atoms with Gasteiger partial charge in [-0.25, -0.2) is 4.79 Å². The third kappa shape index (κ3) is 1.79. The maximum atomic E-state index is 11.0. The van der Waals surface area contributed by atoms with Gasteiger partial charge in [0.05, 0.1) is 6.61 Å². The van der Waals surface area contributed by atoms with Crippen LogP contribution in [-0.2, 0) is 23.8 Å².